The molecule has 1 aliphatic rings. The van der Waals surface area contributed by atoms with Crippen molar-refractivity contribution in [3.8, 4) is 22.4 Å². The summed E-state index contributed by atoms with van der Waals surface area (Å²) in [7, 11) is 0. The molecule has 4 rings (SSSR count). The maximum absolute atomic E-state index is 8.56. The van der Waals surface area contributed by atoms with Gasteiger partial charge in [-0.05, 0) is 59.5 Å². The summed E-state index contributed by atoms with van der Waals surface area (Å²) in [6.07, 6.45) is 1.65. The molecule has 4 heteroatoms. The summed E-state index contributed by atoms with van der Waals surface area (Å²) < 4.78 is 0. The number of hydrogen-bond donors (Lipinski definition) is 2. The van der Waals surface area contributed by atoms with Gasteiger partial charge in [-0.1, -0.05) is 70.5 Å². The van der Waals surface area contributed by atoms with Crippen LogP contribution in [0.4, 0.5) is 0 Å². The maximum atomic E-state index is 8.56. The minimum Gasteiger partial charge on any atom is -0.393 e. The fourth-order valence-corrected chi connectivity index (χ4v) is 4.50. The number of pyridine rings is 1. The zero-order valence-corrected chi connectivity index (χ0v) is 23.1. The average molecular weight is 623 g/mol. The van der Waals surface area contributed by atoms with Gasteiger partial charge in [0.15, 0.2) is 0 Å². The number of aliphatic hydroxyl groups excluding tert-OH is 2. The summed E-state index contributed by atoms with van der Waals surface area (Å²) in [6.45, 7) is 14.7. The van der Waals surface area contributed by atoms with E-state index in [1.54, 1.807) is 13.8 Å². The number of rotatable bonds is 3. The summed E-state index contributed by atoms with van der Waals surface area (Å²) in [5, 5.41) is 17.1. The molecular formula is C29H36IrNO2-. The van der Waals surface area contributed by atoms with E-state index in [0.717, 1.165) is 11.3 Å². The molecule has 3 aromatic rings. The van der Waals surface area contributed by atoms with Crippen molar-refractivity contribution in [3.63, 3.8) is 0 Å². The predicted molar refractivity (Wildman–Crippen MR) is 133 cm³/mol. The fraction of sp³-hybridized carbons (Fsp3) is 0.414. The number of hydrogen-bond acceptors (Lipinski definition) is 3. The molecule has 0 bridgehead atoms. The summed E-state index contributed by atoms with van der Waals surface area (Å²) in [4.78, 5) is 4.70. The Morgan fingerprint density at radius 3 is 2.18 bits per heavy atom. The molecule has 179 valence electrons. The first-order valence-corrected chi connectivity index (χ1v) is 11.4. The minimum absolute atomic E-state index is 0. The minimum atomic E-state index is -0.375. The molecule has 1 aliphatic carbocycles. The van der Waals surface area contributed by atoms with Crippen LogP contribution < -0.4 is 0 Å². The molecule has 0 amide bonds. The van der Waals surface area contributed by atoms with E-state index in [2.05, 4.69) is 83.1 Å². The van der Waals surface area contributed by atoms with Crippen molar-refractivity contribution >= 4 is 0 Å². The Morgan fingerprint density at radius 1 is 0.970 bits per heavy atom. The van der Waals surface area contributed by atoms with Crippen molar-refractivity contribution in [3.05, 3.63) is 77.5 Å². The van der Waals surface area contributed by atoms with Crippen LogP contribution in [-0.2, 0) is 30.9 Å². The van der Waals surface area contributed by atoms with Crippen molar-refractivity contribution < 1.29 is 30.3 Å². The first-order chi connectivity index (χ1) is 14.9. The van der Waals surface area contributed by atoms with E-state index in [0.29, 0.717) is 6.42 Å². The van der Waals surface area contributed by atoms with Crippen LogP contribution in [0.1, 0.15) is 71.6 Å². The molecular weight excluding hydrogens is 587 g/mol. The molecule has 0 aliphatic heterocycles. The van der Waals surface area contributed by atoms with Gasteiger partial charge in [0.2, 0.25) is 0 Å². The van der Waals surface area contributed by atoms with Gasteiger partial charge in [-0.25, -0.2) is 0 Å². The second-order valence-electron chi connectivity index (χ2n) is 10.4. The Kier molecular flexibility index (Phi) is 8.81. The molecule has 0 fully saturated rings. The molecule has 2 atom stereocenters. The van der Waals surface area contributed by atoms with Gasteiger partial charge in [-0.2, -0.15) is 0 Å². The molecule has 1 heterocycles. The zero-order valence-electron chi connectivity index (χ0n) is 20.7. The predicted octanol–water partition coefficient (Wildman–Crippen LogP) is 6.29. The normalized spacial score (nSPS) is 15.3. The van der Waals surface area contributed by atoms with Gasteiger partial charge in [0, 0.05) is 26.3 Å². The molecule has 2 aromatic carbocycles. The van der Waals surface area contributed by atoms with E-state index in [1.807, 2.05) is 12.3 Å². The third-order valence-electron chi connectivity index (χ3n) is 6.08. The summed E-state index contributed by atoms with van der Waals surface area (Å²) in [5.74, 6) is 0. The number of aromatic nitrogens is 1. The first kappa shape index (κ1) is 27.4. The number of fused-ring (bicyclic) bond motifs is 3. The zero-order chi connectivity index (χ0) is 23.7. The summed E-state index contributed by atoms with van der Waals surface area (Å²) in [5.41, 5.74) is 8.90. The van der Waals surface area contributed by atoms with E-state index in [9.17, 15) is 0 Å². The second kappa shape index (κ2) is 10.6. The topological polar surface area (TPSA) is 53.4 Å². The molecule has 1 radical (unpaired) electrons. The first-order valence-electron chi connectivity index (χ1n) is 11.4. The van der Waals surface area contributed by atoms with Gasteiger partial charge in [-0.3, -0.25) is 0 Å². The fourth-order valence-electron chi connectivity index (χ4n) is 4.50. The van der Waals surface area contributed by atoms with Crippen molar-refractivity contribution in [2.45, 2.75) is 77.9 Å². The van der Waals surface area contributed by atoms with Gasteiger partial charge in [-0.15, -0.1) is 29.3 Å². The third kappa shape index (κ3) is 6.00. The second-order valence-corrected chi connectivity index (χ2v) is 10.4. The Balaban J connectivity index is 0.000000423. The van der Waals surface area contributed by atoms with Crippen LogP contribution in [0.2, 0.25) is 0 Å². The van der Waals surface area contributed by atoms with Crippen molar-refractivity contribution in [2.24, 2.45) is 0 Å². The number of benzene rings is 2. The quantitative estimate of drug-likeness (QED) is 0.338. The Hall–Kier alpha value is -1.84. The van der Waals surface area contributed by atoms with Gasteiger partial charge in [0.1, 0.15) is 0 Å². The standard InChI is InChI=1S/C24H24N.C5H12O2.Ir/c1-23(2,3)16-13-14-25-21(15-16)19-11-8-10-18-17-9-6-7-12-20(17)24(4,5)22(18)19;1-4(6)3-5(2)7;/h6-10,12-15H,1-5H3;4-7H,3H2,1-2H3;/q-1;;. The molecule has 2 N–H and O–H groups in total. The van der Waals surface area contributed by atoms with E-state index >= 15 is 0 Å². The SMILES string of the molecule is CC(C)(C)c1ccnc(-c2[c-]ccc3c2C(C)(C)c2ccccc2-3)c1.CC(O)CC(C)O.[Ir]. The molecule has 0 spiro atoms. The molecule has 2 unspecified atom stereocenters. The van der Waals surface area contributed by atoms with Gasteiger partial charge in [0.25, 0.3) is 0 Å². The van der Waals surface area contributed by atoms with E-state index < -0.39 is 0 Å². The summed E-state index contributed by atoms with van der Waals surface area (Å²) >= 11 is 0. The van der Waals surface area contributed by atoms with Crippen LogP contribution >= 0.6 is 0 Å². The van der Waals surface area contributed by atoms with E-state index in [4.69, 9.17) is 15.2 Å². The smallest absolute Gasteiger partial charge is 0.0536 e. The van der Waals surface area contributed by atoms with Crippen LogP contribution in [0.15, 0.2) is 54.7 Å². The molecule has 0 saturated carbocycles. The number of nitrogens with zero attached hydrogens (tertiary/aromatic N) is 1. The van der Waals surface area contributed by atoms with Crippen molar-refractivity contribution in [1.82, 2.24) is 4.98 Å². The largest absolute Gasteiger partial charge is 0.393 e. The van der Waals surface area contributed by atoms with E-state index in [-0.39, 0.29) is 43.1 Å². The van der Waals surface area contributed by atoms with Crippen LogP contribution in [0, 0.1) is 6.07 Å². The van der Waals surface area contributed by atoms with E-state index in [1.165, 1.54) is 27.8 Å². The number of aliphatic hydroxyl groups is 2. The van der Waals surface area contributed by atoms with Crippen molar-refractivity contribution in [1.29, 1.82) is 0 Å². The maximum Gasteiger partial charge on any atom is 0.0536 e. The Labute approximate surface area is 212 Å². The molecule has 33 heavy (non-hydrogen) atoms. The molecule has 0 saturated heterocycles. The average Bonchev–Trinajstić information content (AvgIpc) is 2.95. The molecule has 1 aromatic heterocycles. The van der Waals surface area contributed by atoms with Gasteiger partial charge >= 0.3 is 0 Å². The van der Waals surface area contributed by atoms with Crippen LogP contribution in [-0.4, -0.2) is 27.4 Å². The molecule has 3 nitrogen and oxygen atoms in total. The van der Waals surface area contributed by atoms with Crippen LogP contribution in [0.3, 0.4) is 0 Å². The Bertz CT molecular complexity index is 1070. The van der Waals surface area contributed by atoms with Gasteiger partial charge in [0.05, 0.1) is 12.2 Å². The van der Waals surface area contributed by atoms with Crippen molar-refractivity contribution in [2.75, 3.05) is 0 Å². The van der Waals surface area contributed by atoms with Gasteiger partial charge < -0.3 is 15.2 Å². The third-order valence-corrected chi connectivity index (χ3v) is 6.08. The Morgan fingerprint density at radius 2 is 1.61 bits per heavy atom. The summed E-state index contributed by atoms with van der Waals surface area (Å²) in [6, 6.07) is 20.8. The monoisotopic (exact) mass is 623 g/mol. The van der Waals surface area contributed by atoms with Crippen LogP contribution in [0.5, 0.6) is 0 Å². The van der Waals surface area contributed by atoms with Crippen LogP contribution in [0.25, 0.3) is 22.4 Å².